The van der Waals surface area contributed by atoms with Crippen LogP contribution in [0.2, 0.25) is 0 Å². The SMILES string of the molecule is COC(=O)[C@H]1C[C@H]2C=C[C@@H]1C2. The Bertz CT molecular complexity index is 208. The van der Waals surface area contributed by atoms with Crippen molar-refractivity contribution >= 4 is 5.97 Å². The van der Waals surface area contributed by atoms with Crippen LogP contribution in [0.15, 0.2) is 12.2 Å². The number of hydrogen-bond acceptors (Lipinski definition) is 2. The molecule has 0 amide bonds. The summed E-state index contributed by atoms with van der Waals surface area (Å²) in [6.45, 7) is 0. The first-order chi connectivity index (χ1) is 5.31. The molecular formula is C9H12O2. The van der Waals surface area contributed by atoms with Gasteiger partial charge in [-0.05, 0) is 24.7 Å². The fourth-order valence-electron chi connectivity index (χ4n) is 2.20. The molecule has 3 atom stereocenters. The van der Waals surface area contributed by atoms with Gasteiger partial charge >= 0.3 is 5.97 Å². The Labute approximate surface area is 66.2 Å². The maximum absolute atomic E-state index is 11.1. The van der Waals surface area contributed by atoms with Crippen molar-refractivity contribution < 1.29 is 9.53 Å². The molecule has 1 saturated carbocycles. The molecule has 0 radical (unpaired) electrons. The minimum atomic E-state index is -0.0261. The van der Waals surface area contributed by atoms with E-state index in [1.807, 2.05) is 0 Å². The largest absolute Gasteiger partial charge is 0.469 e. The van der Waals surface area contributed by atoms with Crippen molar-refractivity contribution in [1.82, 2.24) is 0 Å². The molecule has 0 saturated heterocycles. The highest BCUT2D eigenvalue weighted by Gasteiger charge is 2.40. The summed E-state index contributed by atoms with van der Waals surface area (Å²) in [6.07, 6.45) is 6.56. The van der Waals surface area contributed by atoms with Crippen LogP contribution >= 0.6 is 0 Å². The van der Waals surface area contributed by atoms with Crippen molar-refractivity contribution in [2.75, 3.05) is 7.11 Å². The zero-order valence-electron chi connectivity index (χ0n) is 6.62. The molecule has 0 aromatic rings. The van der Waals surface area contributed by atoms with Gasteiger partial charge in [-0.15, -0.1) is 0 Å². The molecule has 0 aromatic heterocycles. The maximum Gasteiger partial charge on any atom is 0.309 e. The molecule has 2 bridgehead atoms. The van der Waals surface area contributed by atoms with Gasteiger partial charge in [0.25, 0.3) is 0 Å². The van der Waals surface area contributed by atoms with Crippen molar-refractivity contribution in [2.24, 2.45) is 17.8 Å². The average molecular weight is 152 g/mol. The van der Waals surface area contributed by atoms with E-state index < -0.39 is 0 Å². The van der Waals surface area contributed by atoms with E-state index in [0.717, 1.165) is 6.42 Å². The second kappa shape index (κ2) is 2.36. The summed E-state index contributed by atoms with van der Waals surface area (Å²) in [4.78, 5) is 11.1. The number of fused-ring (bicyclic) bond motifs is 2. The lowest BCUT2D eigenvalue weighted by Crippen LogP contribution is -2.19. The maximum atomic E-state index is 11.1. The Hall–Kier alpha value is -0.790. The number of carbonyl (C=O) groups is 1. The summed E-state index contributed by atoms with van der Waals surface area (Å²) in [5, 5.41) is 0. The topological polar surface area (TPSA) is 26.3 Å². The highest BCUT2D eigenvalue weighted by Crippen LogP contribution is 2.43. The Morgan fingerprint density at radius 1 is 1.45 bits per heavy atom. The van der Waals surface area contributed by atoms with Gasteiger partial charge in [0, 0.05) is 0 Å². The molecule has 2 nitrogen and oxygen atoms in total. The minimum Gasteiger partial charge on any atom is -0.469 e. The van der Waals surface area contributed by atoms with E-state index in [4.69, 9.17) is 4.74 Å². The van der Waals surface area contributed by atoms with Gasteiger partial charge in [-0.25, -0.2) is 0 Å². The summed E-state index contributed by atoms with van der Waals surface area (Å²) in [6, 6.07) is 0. The van der Waals surface area contributed by atoms with Crippen molar-refractivity contribution in [2.45, 2.75) is 12.8 Å². The minimum absolute atomic E-state index is 0.0261. The fourth-order valence-corrected chi connectivity index (χ4v) is 2.20. The zero-order chi connectivity index (χ0) is 7.84. The molecule has 2 heteroatoms. The molecule has 0 N–H and O–H groups in total. The number of methoxy groups -OCH3 is 1. The van der Waals surface area contributed by atoms with Gasteiger partial charge in [0.15, 0.2) is 0 Å². The van der Waals surface area contributed by atoms with Gasteiger partial charge in [-0.1, -0.05) is 12.2 Å². The predicted molar refractivity (Wildman–Crippen MR) is 40.9 cm³/mol. The lowest BCUT2D eigenvalue weighted by atomic mass is 9.94. The predicted octanol–water partition coefficient (Wildman–Crippen LogP) is 1.37. The van der Waals surface area contributed by atoms with Crippen molar-refractivity contribution in [1.29, 1.82) is 0 Å². The van der Waals surface area contributed by atoms with Crippen LogP contribution < -0.4 is 0 Å². The molecule has 0 spiro atoms. The third-order valence-electron chi connectivity index (χ3n) is 2.78. The molecule has 2 aliphatic carbocycles. The third kappa shape index (κ3) is 0.971. The van der Waals surface area contributed by atoms with E-state index in [1.54, 1.807) is 0 Å². The number of allylic oxidation sites excluding steroid dienone is 2. The standard InChI is InChI=1S/C9H12O2/c1-11-9(10)8-5-6-2-3-7(8)4-6/h2-3,6-8H,4-5H2,1H3/t6-,7+,8-/m0/s1. The highest BCUT2D eigenvalue weighted by molar-refractivity contribution is 5.73. The first kappa shape index (κ1) is 6.89. The van der Waals surface area contributed by atoms with Crippen LogP contribution in [0.25, 0.3) is 0 Å². The lowest BCUT2D eigenvalue weighted by Gasteiger charge is -2.14. The van der Waals surface area contributed by atoms with Crippen molar-refractivity contribution in [3.63, 3.8) is 0 Å². The van der Waals surface area contributed by atoms with Gasteiger partial charge < -0.3 is 4.74 Å². The quantitative estimate of drug-likeness (QED) is 0.419. The zero-order valence-corrected chi connectivity index (χ0v) is 6.62. The Balaban J connectivity index is 2.08. The third-order valence-corrected chi connectivity index (χ3v) is 2.78. The second-order valence-electron chi connectivity index (χ2n) is 3.41. The second-order valence-corrected chi connectivity index (χ2v) is 3.41. The number of ether oxygens (including phenoxy) is 1. The van der Waals surface area contributed by atoms with Crippen molar-refractivity contribution in [3.8, 4) is 0 Å². The Kier molecular flexibility index (Phi) is 1.48. The van der Waals surface area contributed by atoms with Gasteiger partial charge in [0.2, 0.25) is 0 Å². The van der Waals surface area contributed by atoms with E-state index in [-0.39, 0.29) is 11.9 Å². The summed E-state index contributed by atoms with van der Waals surface area (Å²) in [7, 11) is 1.47. The summed E-state index contributed by atoms with van der Waals surface area (Å²) < 4.78 is 4.71. The fraction of sp³-hybridized carbons (Fsp3) is 0.667. The monoisotopic (exact) mass is 152 g/mol. The molecular weight excluding hydrogens is 140 g/mol. The number of esters is 1. The average Bonchev–Trinajstić information content (AvgIpc) is 2.62. The van der Waals surface area contributed by atoms with E-state index in [9.17, 15) is 4.79 Å². The van der Waals surface area contributed by atoms with Crippen LogP contribution in [0.3, 0.4) is 0 Å². The van der Waals surface area contributed by atoms with Crippen LogP contribution in [0.1, 0.15) is 12.8 Å². The first-order valence-electron chi connectivity index (χ1n) is 4.07. The number of hydrogen-bond donors (Lipinski definition) is 0. The van der Waals surface area contributed by atoms with Gasteiger partial charge in [-0.3, -0.25) is 4.79 Å². The van der Waals surface area contributed by atoms with Crippen LogP contribution in [-0.2, 0) is 9.53 Å². The van der Waals surface area contributed by atoms with E-state index in [2.05, 4.69) is 12.2 Å². The van der Waals surface area contributed by atoms with Crippen LogP contribution in [-0.4, -0.2) is 13.1 Å². The Morgan fingerprint density at radius 3 is 2.73 bits per heavy atom. The number of rotatable bonds is 1. The van der Waals surface area contributed by atoms with Gasteiger partial charge in [0.05, 0.1) is 13.0 Å². The molecule has 0 aliphatic heterocycles. The van der Waals surface area contributed by atoms with Gasteiger partial charge in [-0.2, -0.15) is 0 Å². The molecule has 0 unspecified atom stereocenters. The highest BCUT2D eigenvalue weighted by atomic mass is 16.5. The van der Waals surface area contributed by atoms with Crippen molar-refractivity contribution in [3.05, 3.63) is 12.2 Å². The molecule has 2 rings (SSSR count). The molecule has 2 aliphatic rings. The lowest BCUT2D eigenvalue weighted by molar-refractivity contribution is -0.146. The molecule has 1 fully saturated rings. The molecule has 11 heavy (non-hydrogen) atoms. The molecule has 0 aromatic carbocycles. The van der Waals surface area contributed by atoms with E-state index >= 15 is 0 Å². The number of carbonyl (C=O) groups excluding carboxylic acids is 1. The first-order valence-corrected chi connectivity index (χ1v) is 4.07. The summed E-state index contributed by atoms with van der Waals surface area (Å²) >= 11 is 0. The molecule has 0 heterocycles. The van der Waals surface area contributed by atoms with E-state index in [1.165, 1.54) is 13.5 Å². The van der Waals surface area contributed by atoms with Gasteiger partial charge in [0.1, 0.15) is 0 Å². The summed E-state index contributed by atoms with van der Waals surface area (Å²) in [5.74, 6) is 1.27. The summed E-state index contributed by atoms with van der Waals surface area (Å²) in [5.41, 5.74) is 0. The normalized spacial score (nSPS) is 39.5. The van der Waals surface area contributed by atoms with Crippen LogP contribution in [0, 0.1) is 17.8 Å². The smallest absolute Gasteiger partial charge is 0.309 e. The van der Waals surface area contributed by atoms with Crippen LogP contribution in [0.5, 0.6) is 0 Å². The Morgan fingerprint density at radius 2 is 2.27 bits per heavy atom. The van der Waals surface area contributed by atoms with E-state index in [0.29, 0.717) is 11.8 Å². The molecule has 60 valence electrons. The van der Waals surface area contributed by atoms with Crippen LogP contribution in [0.4, 0.5) is 0 Å².